The van der Waals surface area contributed by atoms with Crippen molar-refractivity contribution >= 4 is 5.91 Å². The number of ether oxygens (including phenoxy) is 2. The lowest BCUT2D eigenvalue weighted by Crippen LogP contribution is -2.47. The van der Waals surface area contributed by atoms with Gasteiger partial charge in [0, 0.05) is 12.1 Å². The Bertz CT molecular complexity index is 668. The van der Waals surface area contributed by atoms with Crippen LogP contribution in [0.2, 0.25) is 0 Å². The van der Waals surface area contributed by atoms with Gasteiger partial charge in [-0.15, -0.1) is 0 Å². The summed E-state index contributed by atoms with van der Waals surface area (Å²) in [6.07, 6.45) is 0.105. The lowest BCUT2D eigenvalue weighted by atomic mass is 10.2. The standard InChI is InChI=1S/C16H19N3O4/c1-11-10-22-8-7-19(11)15(20)9-14-17-16(18-23-14)12-3-5-13(21-2)6-4-12/h3-6,11H,7-10H2,1-2H3. The molecule has 2 aromatic rings. The Morgan fingerprint density at radius 3 is 2.87 bits per heavy atom. The van der Waals surface area contributed by atoms with Crippen molar-refractivity contribution in [3.05, 3.63) is 30.2 Å². The summed E-state index contributed by atoms with van der Waals surface area (Å²) in [5.74, 6) is 1.52. The second-order valence-electron chi connectivity index (χ2n) is 5.43. The van der Waals surface area contributed by atoms with E-state index in [9.17, 15) is 4.79 Å². The molecule has 0 radical (unpaired) electrons. The molecule has 0 spiro atoms. The van der Waals surface area contributed by atoms with Gasteiger partial charge in [0.05, 0.1) is 26.4 Å². The Morgan fingerprint density at radius 1 is 1.39 bits per heavy atom. The molecule has 0 N–H and O–H groups in total. The molecule has 1 aromatic carbocycles. The highest BCUT2D eigenvalue weighted by Gasteiger charge is 2.25. The van der Waals surface area contributed by atoms with E-state index in [1.807, 2.05) is 31.2 Å². The number of morpholine rings is 1. The molecule has 0 saturated carbocycles. The van der Waals surface area contributed by atoms with E-state index in [1.54, 1.807) is 12.0 Å². The quantitative estimate of drug-likeness (QED) is 0.851. The smallest absolute Gasteiger partial charge is 0.236 e. The first-order valence-electron chi connectivity index (χ1n) is 7.51. The number of carbonyl (C=O) groups excluding carboxylic acids is 1. The van der Waals surface area contributed by atoms with Crippen molar-refractivity contribution in [3.63, 3.8) is 0 Å². The zero-order chi connectivity index (χ0) is 16.2. The molecule has 1 fully saturated rings. The fourth-order valence-electron chi connectivity index (χ4n) is 2.51. The average molecular weight is 317 g/mol. The monoisotopic (exact) mass is 317 g/mol. The number of hydrogen-bond acceptors (Lipinski definition) is 6. The minimum Gasteiger partial charge on any atom is -0.497 e. The maximum Gasteiger partial charge on any atom is 0.236 e. The summed E-state index contributed by atoms with van der Waals surface area (Å²) in [5.41, 5.74) is 0.813. The zero-order valence-electron chi connectivity index (χ0n) is 13.2. The third kappa shape index (κ3) is 3.50. The highest BCUT2D eigenvalue weighted by atomic mass is 16.5. The van der Waals surface area contributed by atoms with Crippen molar-refractivity contribution in [1.82, 2.24) is 15.0 Å². The van der Waals surface area contributed by atoms with Gasteiger partial charge in [-0.3, -0.25) is 4.79 Å². The Morgan fingerprint density at radius 2 is 2.17 bits per heavy atom. The van der Waals surface area contributed by atoms with Gasteiger partial charge in [0.2, 0.25) is 17.6 Å². The number of methoxy groups -OCH3 is 1. The van der Waals surface area contributed by atoms with Crippen LogP contribution in [0.25, 0.3) is 11.4 Å². The van der Waals surface area contributed by atoms with Crippen molar-refractivity contribution in [2.45, 2.75) is 19.4 Å². The molecule has 2 heterocycles. The predicted molar refractivity (Wildman–Crippen MR) is 82.0 cm³/mol. The highest BCUT2D eigenvalue weighted by molar-refractivity contribution is 5.78. The Labute approximate surface area is 134 Å². The highest BCUT2D eigenvalue weighted by Crippen LogP contribution is 2.20. The predicted octanol–water partition coefficient (Wildman–Crippen LogP) is 1.54. The van der Waals surface area contributed by atoms with Gasteiger partial charge in [0.1, 0.15) is 12.2 Å². The van der Waals surface area contributed by atoms with Gasteiger partial charge in [-0.25, -0.2) is 0 Å². The van der Waals surface area contributed by atoms with Crippen LogP contribution in [0.1, 0.15) is 12.8 Å². The average Bonchev–Trinajstić information content (AvgIpc) is 3.03. The molecule has 1 amide bonds. The molecular formula is C16H19N3O4. The van der Waals surface area contributed by atoms with Crippen molar-refractivity contribution in [3.8, 4) is 17.1 Å². The molecular weight excluding hydrogens is 298 g/mol. The summed E-state index contributed by atoms with van der Waals surface area (Å²) >= 11 is 0. The van der Waals surface area contributed by atoms with Crippen LogP contribution in [0, 0.1) is 0 Å². The van der Waals surface area contributed by atoms with Crippen molar-refractivity contribution in [2.24, 2.45) is 0 Å². The topological polar surface area (TPSA) is 77.7 Å². The van der Waals surface area contributed by atoms with Crippen LogP contribution in [-0.2, 0) is 16.0 Å². The summed E-state index contributed by atoms with van der Waals surface area (Å²) in [6.45, 7) is 3.69. The van der Waals surface area contributed by atoms with E-state index < -0.39 is 0 Å². The summed E-state index contributed by atoms with van der Waals surface area (Å²) in [7, 11) is 1.61. The van der Waals surface area contributed by atoms with Gasteiger partial charge < -0.3 is 18.9 Å². The summed E-state index contributed by atoms with van der Waals surface area (Å²) < 4.78 is 15.7. The number of hydrogen-bond donors (Lipinski definition) is 0. The third-order valence-electron chi connectivity index (χ3n) is 3.81. The number of amides is 1. The second-order valence-corrected chi connectivity index (χ2v) is 5.43. The first kappa shape index (κ1) is 15.5. The number of rotatable bonds is 4. The number of aromatic nitrogens is 2. The van der Waals surface area contributed by atoms with Crippen LogP contribution >= 0.6 is 0 Å². The molecule has 1 saturated heterocycles. The largest absolute Gasteiger partial charge is 0.497 e. The first-order chi connectivity index (χ1) is 11.2. The van der Waals surface area contributed by atoms with Crippen LogP contribution in [0.3, 0.4) is 0 Å². The summed E-state index contributed by atoms with van der Waals surface area (Å²) in [6, 6.07) is 7.41. The van der Waals surface area contributed by atoms with E-state index in [2.05, 4.69) is 10.1 Å². The van der Waals surface area contributed by atoms with Gasteiger partial charge in [0.25, 0.3) is 0 Å². The van der Waals surface area contributed by atoms with Gasteiger partial charge >= 0.3 is 0 Å². The Balaban J connectivity index is 1.67. The van der Waals surface area contributed by atoms with Crippen LogP contribution in [0.5, 0.6) is 5.75 Å². The van der Waals surface area contributed by atoms with E-state index in [-0.39, 0.29) is 18.4 Å². The molecule has 0 bridgehead atoms. The van der Waals surface area contributed by atoms with Gasteiger partial charge in [-0.1, -0.05) is 5.16 Å². The van der Waals surface area contributed by atoms with Crippen LogP contribution in [-0.4, -0.2) is 53.9 Å². The van der Waals surface area contributed by atoms with Gasteiger partial charge in [0.15, 0.2) is 0 Å². The van der Waals surface area contributed by atoms with Crippen LogP contribution in [0.15, 0.2) is 28.8 Å². The Hall–Kier alpha value is -2.41. The van der Waals surface area contributed by atoms with Gasteiger partial charge in [-0.05, 0) is 31.2 Å². The van der Waals surface area contributed by atoms with E-state index >= 15 is 0 Å². The molecule has 1 aliphatic rings. The molecule has 3 rings (SSSR count). The van der Waals surface area contributed by atoms with Crippen molar-refractivity contribution in [2.75, 3.05) is 26.9 Å². The lowest BCUT2D eigenvalue weighted by molar-refractivity contribution is -0.138. The maximum absolute atomic E-state index is 12.3. The second kappa shape index (κ2) is 6.78. The lowest BCUT2D eigenvalue weighted by Gasteiger charge is -2.33. The van der Waals surface area contributed by atoms with E-state index in [1.165, 1.54) is 0 Å². The number of nitrogens with zero attached hydrogens (tertiary/aromatic N) is 3. The molecule has 1 aliphatic heterocycles. The normalized spacial score (nSPS) is 18.0. The molecule has 7 heteroatoms. The first-order valence-corrected chi connectivity index (χ1v) is 7.51. The van der Waals surface area contributed by atoms with E-state index in [0.29, 0.717) is 31.5 Å². The fourth-order valence-corrected chi connectivity index (χ4v) is 2.51. The summed E-state index contributed by atoms with van der Waals surface area (Å²) in [4.78, 5) is 18.4. The molecule has 1 unspecified atom stereocenters. The Kier molecular flexibility index (Phi) is 4.57. The third-order valence-corrected chi connectivity index (χ3v) is 3.81. The zero-order valence-corrected chi connectivity index (χ0v) is 13.2. The minimum atomic E-state index is -0.0225. The fraction of sp³-hybridized carbons (Fsp3) is 0.438. The van der Waals surface area contributed by atoms with Crippen molar-refractivity contribution in [1.29, 1.82) is 0 Å². The molecule has 1 atom stereocenters. The number of carbonyl (C=O) groups is 1. The van der Waals surface area contributed by atoms with E-state index in [0.717, 1.165) is 11.3 Å². The summed E-state index contributed by atoms with van der Waals surface area (Å²) in [5, 5.41) is 3.94. The minimum absolute atomic E-state index is 0.0225. The molecule has 23 heavy (non-hydrogen) atoms. The molecule has 122 valence electrons. The van der Waals surface area contributed by atoms with Gasteiger partial charge in [-0.2, -0.15) is 4.98 Å². The van der Waals surface area contributed by atoms with Crippen LogP contribution in [0.4, 0.5) is 0 Å². The maximum atomic E-state index is 12.3. The molecule has 0 aliphatic carbocycles. The van der Waals surface area contributed by atoms with E-state index in [4.69, 9.17) is 14.0 Å². The number of benzene rings is 1. The molecule has 7 nitrogen and oxygen atoms in total. The van der Waals surface area contributed by atoms with Crippen molar-refractivity contribution < 1.29 is 18.8 Å². The van der Waals surface area contributed by atoms with Crippen LogP contribution < -0.4 is 4.74 Å². The SMILES string of the molecule is COc1ccc(-c2noc(CC(=O)N3CCOCC3C)n2)cc1. The molecule has 1 aromatic heterocycles.